The van der Waals surface area contributed by atoms with Crippen LogP contribution >= 0.6 is 0 Å². The number of likely N-dealkylation sites (N-methyl/N-ethyl adjacent to an activating group) is 1. The molecule has 0 bridgehead atoms. The van der Waals surface area contributed by atoms with E-state index in [2.05, 4.69) is 19.3 Å². The summed E-state index contributed by atoms with van der Waals surface area (Å²) >= 11 is 0. The Bertz CT molecular complexity index is 332. The van der Waals surface area contributed by atoms with Crippen LogP contribution in [-0.4, -0.2) is 37.5 Å². The molecule has 1 aliphatic heterocycles. The van der Waals surface area contributed by atoms with Crippen molar-refractivity contribution in [3.8, 4) is 0 Å². The molecule has 0 aromatic heterocycles. The molecule has 21 heavy (non-hydrogen) atoms. The van der Waals surface area contributed by atoms with E-state index in [-0.39, 0.29) is 11.2 Å². The fourth-order valence-electron chi connectivity index (χ4n) is 5.45. The largest absolute Gasteiger partial charge is 0.375 e. The van der Waals surface area contributed by atoms with Crippen LogP contribution < -0.4 is 5.32 Å². The SMILES string of the molecule is CCOC1(C(NC)C2CCOC3(CCCC3)C2)CCCC1. The molecular weight excluding hydrogens is 262 g/mol. The Morgan fingerprint density at radius 3 is 2.43 bits per heavy atom. The number of nitrogens with one attached hydrogen (secondary N) is 1. The third kappa shape index (κ3) is 3.02. The second kappa shape index (κ2) is 6.55. The van der Waals surface area contributed by atoms with Gasteiger partial charge in [-0.05, 0) is 58.4 Å². The maximum Gasteiger partial charge on any atom is 0.0837 e. The van der Waals surface area contributed by atoms with Crippen molar-refractivity contribution >= 4 is 0 Å². The van der Waals surface area contributed by atoms with E-state index < -0.39 is 0 Å². The van der Waals surface area contributed by atoms with Gasteiger partial charge in [0, 0.05) is 19.3 Å². The molecule has 3 aliphatic rings. The minimum atomic E-state index is 0.0886. The van der Waals surface area contributed by atoms with Gasteiger partial charge in [-0.15, -0.1) is 0 Å². The summed E-state index contributed by atoms with van der Waals surface area (Å²) in [6.07, 6.45) is 12.8. The van der Waals surface area contributed by atoms with Crippen molar-refractivity contribution in [2.75, 3.05) is 20.3 Å². The van der Waals surface area contributed by atoms with Crippen LogP contribution in [0.25, 0.3) is 0 Å². The molecule has 3 rings (SSSR count). The quantitative estimate of drug-likeness (QED) is 0.839. The average molecular weight is 295 g/mol. The maximum atomic E-state index is 6.34. The second-order valence-corrected chi connectivity index (χ2v) is 7.46. The van der Waals surface area contributed by atoms with Crippen molar-refractivity contribution in [1.29, 1.82) is 0 Å². The third-order valence-corrected chi connectivity index (χ3v) is 6.28. The minimum Gasteiger partial charge on any atom is -0.375 e. The molecule has 2 atom stereocenters. The Kier molecular flexibility index (Phi) is 4.92. The topological polar surface area (TPSA) is 30.5 Å². The van der Waals surface area contributed by atoms with E-state index in [0.29, 0.717) is 12.0 Å². The van der Waals surface area contributed by atoms with Crippen LogP contribution in [0.1, 0.15) is 71.1 Å². The lowest BCUT2D eigenvalue weighted by Crippen LogP contribution is -2.56. The minimum absolute atomic E-state index is 0.0886. The lowest BCUT2D eigenvalue weighted by Gasteiger charge is -2.47. The van der Waals surface area contributed by atoms with Gasteiger partial charge in [-0.1, -0.05) is 25.7 Å². The van der Waals surface area contributed by atoms with Gasteiger partial charge in [0.1, 0.15) is 0 Å². The zero-order valence-electron chi connectivity index (χ0n) is 14.0. The van der Waals surface area contributed by atoms with Gasteiger partial charge in [-0.2, -0.15) is 0 Å². The van der Waals surface area contributed by atoms with Gasteiger partial charge >= 0.3 is 0 Å². The van der Waals surface area contributed by atoms with E-state index in [0.717, 1.165) is 13.2 Å². The second-order valence-electron chi connectivity index (χ2n) is 7.46. The first-order valence-corrected chi connectivity index (χ1v) is 9.19. The third-order valence-electron chi connectivity index (χ3n) is 6.28. The molecule has 0 aromatic carbocycles. The first-order valence-electron chi connectivity index (χ1n) is 9.19. The first kappa shape index (κ1) is 15.8. The fraction of sp³-hybridized carbons (Fsp3) is 1.00. The van der Waals surface area contributed by atoms with Crippen molar-refractivity contribution in [2.24, 2.45) is 5.92 Å². The molecule has 1 spiro atoms. The van der Waals surface area contributed by atoms with E-state index in [1.54, 1.807) is 0 Å². The van der Waals surface area contributed by atoms with Gasteiger partial charge in [-0.3, -0.25) is 0 Å². The molecule has 2 saturated carbocycles. The van der Waals surface area contributed by atoms with E-state index in [1.165, 1.54) is 64.2 Å². The number of rotatable bonds is 5. The molecule has 2 unspecified atom stereocenters. The lowest BCUT2D eigenvalue weighted by atomic mass is 9.74. The van der Waals surface area contributed by atoms with Crippen LogP contribution in [0, 0.1) is 5.92 Å². The van der Waals surface area contributed by atoms with Crippen molar-refractivity contribution in [2.45, 2.75) is 88.4 Å². The zero-order valence-corrected chi connectivity index (χ0v) is 14.0. The van der Waals surface area contributed by atoms with Crippen LogP contribution in [0.5, 0.6) is 0 Å². The molecule has 3 fully saturated rings. The zero-order chi connectivity index (χ0) is 14.8. The molecule has 1 heterocycles. The molecule has 3 nitrogen and oxygen atoms in total. The average Bonchev–Trinajstić information content (AvgIpc) is 3.11. The lowest BCUT2D eigenvalue weighted by molar-refractivity contribution is -0.128. The van der Waals surface area contributed by atoms with Gasteiger partial charge in [0.2, 0.25) is 0 Å². The predicted molar refractivity (Wildman–Crippen MR) is 85.5 cm³/mol. The molecular formula is C18H33NO2. The number of hydrogen-bond donors (Lipinski definition) is 1. The Labute approximate surface area is 130 Å². The summed E-state index contributed by atoms with van der Waals surface area (Å²) in [5.74, 6) is 0.714. The fourth-order valence-corrected chi connectivity index (χ4v) is 5.45. The van der Waals surface area contributed by atoms with Gasteiger partial charge in [0.15, 0.2) is 0 Å². The van der Waals surface area contributed by atoms with Crippen LogP contribution in [0.4, 0.5) is 0 Å². The Hall–Kier alpha value is -0.120. The summed E-state index contributed by atoms with van der Waals surface area (Å²) in [5, 5.41) is 3.67. The summed E-state index contributed by atoms with van der Waals surface area (Å²) in [6.45, 7) is 3.94. The van der Waals surface area contributed by atoms with E-state index >= 15 is 0 Å². The van der Waals surface area contributed by atoms with Gasteiger partial charge in [0.05, 0.1) is 11.2 Å². The molecule has 1 saturated heterocycles. The Morgan fingerprint density at radius 1 is 1.14 bits per heavy atom. The molecule has 122 valence electrons. The molecule has 3 heteroatoms. The highest BCUT2D eigenvalue weighted by atomic mass is 16.5. The monoisotopic (exact) mass is 295 g/mol. The molecule has 0 aromatic rings. The highest BCUT2D eigenvalue weighted by Gasteiger charge is 2.49. The van der Waals surface area contributed by atoms with Crippen LogP contribution in [-0.2, 0) is 9.47 Å². The van der Waals surface area contributed by atoms with Crippen molar-refractivity contribution in [3.63, 3.8) is 0 Å². The highest BCUT2D eigenvalue weighted by molar-refractivity contribution is 5.03. The summed E-state index contributed by atoms with van der Waals surface area (Å²) in [4.78, 5) is 0. The molecule has 0 radical (unpaired) electrons. The van der Waals surface area contributed by atoms with Crippen LogP contribution in [0.2, 0.25) is 0 Å². The first-order chi connectivity index (χ1) is 10.2. The summed E-state index contributed by atoms with van der Waals surface area (Å²) in [5.41, 5.74) is 0.301. The van der Waals surface area contributed by atoms with Crippen molar-refractivity contribution in [3.05, 3.63) is 0 Å². The maximum absolute atomic E-state index is 6.34. The summed E-state index contributed by atoms with van der Waals surface area (Å²) in [6, 6.07) is 0.501. The molecule has 1 N–H and O–H groups in total. The number of ether oxygens (including phenoxy) is 2. The Morgan fingerprint density at radius 2 is 1.81 bits per heavy atom. The van der Waals surface area contributed by atoms with Crippen molar-refractivity contribution < 1.29 is 9.47 Å². The number of hydrogen-bond acceptors (Lipinski definition) is 3. The van der Waals surface area contributed by atoms with Gasteiger partial charge in [-0.25, -0.2) is 0 Å². The standard InChI is InChI=1S/C18H33NO2/c1-3-20-18(11-6-7-12-18)16(19-2)15-8-13-21-17(14-15)9-4-5-10-17/h15-16,19H,3-14H2,1-2H3. The predicted octanol–water partition coefficient (Wildman–Crippen LogP) is 3.66. The highest BCUT2D eigenvalue weighted by Crippen LogP contribution is 2.47. The smallest absolute Gasteiger partial charge is 0.0837 e. The van der Waals surface area contributed by atoms with Gasteiger partial charge < -0.3 is 14.8 Å². The Balaban J connectivity index is 1.75. The van der Waals surface area contributed by atoms with E-state index in [1.807, 2.05) is 0 Å². The molecule has 2 aliphatic carbocycles. The summed E-state index contributed by atoms with van der Waals surface area (Å²) in [7, 11) is 2.14. The normalized spacial score (nSPS) is 32.6. The van der Waals surface area contributed by atoms with Crippen LogP contribution in [0.15, 0.2) is 0 Å². The van der Waals surface area contributed by atoms with E-state index in [9.17, 15) is 0 Å². The molecule has 0 amide bonds. The van der Waals surface area contributed by atoms with Crippen molar-refractivity contribution in [1.82, 2.24) is 5.32 Å². The van der Waals surface area contributed by atoms with Gasteiger partial charge in [0.25, 0.3) is 0 Å². The summed E-state index contributed by atoms with van der Waals surface area (Å²) < 4.78 is 12.6. The van der Waals surface area contributed by atoms with E-state index in [4.69, 9.17) is 9.47 Å². The van der Waals surface area contributed by atoms with Crippen LogP contribution in [0.3, 0.4) is 0 Å².